The highest BCUT2D eigenvalue weighted by Gasteiger charge is 2.35. The zero-order valence-corrected chi connectivity index (χ0v) is 24.4. The number of nitrogens with one attached hydrogen (secondary N) is 1. The SMILES string of the molecule is C/C=C/c1ccc(N)nc1.CCCC1CN(C(=O)c2ccc(-c3cc(C(F)(F)F)c4oc(CNC=O)cc4c3)nc2)CCO1. The Balaban J connectivity index is 0.000000375. The van der Waals surface area contributed by atoms with Crippen molar-refractivity contribution in [3.8, 4) is 11.3 Å². The number of benzene rings is 1. The van der Waals surface area contributed by atoms with Gasteiger partial charge >= 0.3 is 6.18 Å². The van der Waals surface area contributed by atoms with Crippen LogP contribution in [0.5, 0.6) is 0 Å². The van der Waals surface area contributed by atoms with E-state index >= 15 is 0 Å². The van der Waals surface area contributed by atoms with Crippen molar-refractivity contribution < 1.29 is 31.9 Å². The molecule has 1 saturated heterocycles. The lowest BCUT2D eigenvalue weighted by Crippen LogP contribution is -2.45. The topological polar surface area (TPSA) is 124 Å². The number of rotatable bonds is 8. The number of aromatic nitrogens is 2. The minimum atomic E-state index is -4.65. The van der Waals surface area contributed by atoms with E-state index in [-0.39, 0.29) is 40.8 Å². The molecular formula is C32H34F3N5O4. The largest absolute Gasteiger partial charge is 0.459 e. The normalized spacial score (nSPS) is 15.2. The first-order valence-corrected chi connectivity index (χ1v) is 14.1. The number of halogens is 3. The van der Waals surface area contributed by atoms with Crippen LogP contribution in [-0.4, -0.2) is 53.0 Å². The van der Waals surface area contributed by atoms with E-state index in [2.05, 4.69) is 22.2 Å². The molecule has 1 aliphatic rings. The molecule has 4 heterocycles. The predicted molar refractivity (Wildman–Crippen MR) is 161 cm³/mol. The second-order valence-electron chi connectivity index (χ2n) is 10.1. The number of morpholine rings is 1. The number of amides is 2. The first kappa shape index (κ1) is 32.2. The summed E-state index contributed by atoms with van der Waals surface area (Å²) in [6.07, 6.45) is 4.69. The Bertz CT molecular complexity index is 1580. The van der Waals surface area contributed by atoms with Gasteiger partial charge in [0.1, 0.15) is 17.2 Å². The van der Waals surface area contributed by atoms with Gasteiger partial charge in [-0.3, -0.25) is 14.6 Å². The van der Waals surface area contributed by atoms with Gasteiger partial charge in [-0.1, -0.05) is 25.5 Å². The number of allylic oxidation sites excluding steroid dienone is 1. The summed E-state index contributed by atoms with van der Waals surface area (Å²) in [4.78, 5) is 33.3. The van der Waals surface area contributed by atoms with Crippen molar-refractivity contribution in [3.05, 3.63) is 83.4 Å². The molecule has 0 radical (unpaired) electrons. The Kier molecular flexibility index (Phi) is 10.7. The van der Waals surface area contributed by atoms with Crippen LogP contribution >= 0.6 is 0 Å². The van der Waals surface area contributed by atoms with Crippen molar-refractivity contribution in [2.24, 2.45) is 0 Å². The number of alkyl halides is 3. The number of carbonyl (C=O) groups is 2. The summed E-state index contributed by atoms with van der Waals surface area (Å²) < 4.78 is 52.2. The van der Waals surface area contributed by atoms with Gasteiger partial charge in [-0.05, 0) is 61.4 Å². The second kappa shape index (κ2) is 14.6. The van der Waals surface area contributed by atoms with Crippen LogP contribution in [0.15, 0.2) is 65.4 Å². The number of furan rings is 1. The summed E-state index contributed by atoms with van der Waals surface area (Å²) in [5, 5.41) is 2.61. The van der Waals surface area contributed by atoms with E-state index < -0.39 is 11.7 Å². The maximum absolute atomic E-state index is 13.7. The summed E-state index contributed by atoms with van der Waals surface area (Å²) in [6, 6.07) is 10.8. The first-order chi connectivity index (χ1) is 21.1. The van der Waals surface area contributed by atoms with E-state index in [0.717, 1.165) is 24.5 Å². The summed E-state index contributed by atoms with van der Waals surface area (Å²) >= 11 is 0. The van der Waals surface area contributed by atoms with Crippen LogP contribution in [0.2, 0.25) is 0 Å². The molecular weight excluding hydrogens is 575 g/mol. The molecule has 3 N–H and O–H groups in total. The average molecular weight is 610 g/mol. The number of carbonyl (C=O) groups excluding carboxylic acids is 2. The molecule has 1 atom stereocenters. The van der Waals surface area contributed by atoms with Crippen LogP contribution in [0.1, 0.15) is 53.9 Å². The molecule has 3 aromatic heterocycles. The van der Waals surface area contributed by atoms with Gasteiger partial charge in [0.25, 0.3) is 5.91 Å². The predicted octanol–water partition coefficient (Wildman–Crippen LogP) is 6.10. The number of fused-ring (bicyclic) bond motifs is 1. The fourth-order valence-corrected chi connectivity index (χ4v) is 4.78. The van der Waals surface area contributed by atoms with Gasteiger partial charge in [0.2, 0.25) is 6.41 Å². The Hall–Kier alpha value is -4.71. The van der Waals surface area contributed by atoms with Gasteiger partial charge in [-0.2, -0.15) is 13.2 Å². The van der Waals surface area contributed by atoms with Crippen LogP contribution in [-0.2, 0) is 22.3 Å². The third-order valence-corrected chi connectivity index (χ3v) is 6.84. The summed E-state index contributed by atoms with van der Waals surface area (Å²) in [6.45, 7) is 5.45. The molecule has 44 heavy (non-hydrogen) atoms. The third-order valence-electron chi connectivity index (χ3n) is 6.84. The fraction of sp³-hybridized carbons (Fsp3) is 0.312. The molecule has 0 saturated carbocycles. The molecule has 1 aromatic carbocycles. The van der Waals surface area contributed by atoms with E-state index in [4.69, 9.17) is 14.9 Å². The Morgan fingerprint density at radius 2 is 1.98 bits per heavy atom. The zero-order chi connectivity index (χ0) is 31.7. The van der Waals surface area contributed by atoms with Crippen LogP contribution in [0.4, 0.5) is 19.0 Å². The van der Waals surface area contributed by atoms with Gasteiger partial charge in [-0.25, -0.2) is 4.98 Å². The molecule has 5 rings (SSSR count). The van der Waals surface area contributed by atoms with Gasteiger partial charge in [0, 0.05) is 36.4 Å². The fourth-order valence-electron chi connectivity index (χ4n) is 4.78. The van der Waals surface area contributed by atoms with E-state index in [1.807, 2.05) is 25.1 Å². The first-order valence-electron chi connectivity index (χ1n) is 14.1. The molecule has 1 fully saturated rings. The van der Waals surface area contributed by atoms with Crippen molar-refractivity contribution >= 4 is 35.2 Å². The Morgan fingerprint density at radius 1 is 1.16 bits per heavy atom. The van der Waals surface area contributed by atoms with Crippen molar-refractivity contribution in [1.29, 1.82) is 0 Å². The molecule has 0 spiro atoms. The number of hydrogen-bond acceptors (Lipinski definition) is 7. The van der Waals surface area contributed by atoms with Crippen molar-refractivity contribution in [2.75, 3.05) is 25.4 Å². The smallest absolute Gasteiger partial charge is 0.420 e. The van der Waals surface area contributed by atoms with Crippen LogP contribution < -0.4 is 11.1 Å². The summed E-state index contributed by atoms with van der Waals surface area (Å²) in [7, 11) is 0. The average Bonchev–Trinajstić information content (AvgIpc) is 3.43. The van der Waals surface area contributed by atoms with Crippen molar-refractivity contribution in [2.45, 2.75) is 45.5 Å². The van der Waals surface area contributed by atoms with E-state index in [9.17, 15) is 22.8 Å². The number of nitrogens with two attached hydrogens (primary N) is 1. The van der Waals surface area contributed by atoms with E-state index in [0.29, 0.717) is 43.2 Å². The maximum atomic E-state index is 13.7. The van der Waals surface area contributed by atoms with Crippen LogP contribution in [0, 0.1) is 0 Å². The molecule has 2 amide bonds. The highest BCUT2D eigenvalue weighted by Crippen LogP contribution is 2.39. The molecule has 1 aliphatic heterocycles. The molecule has 9 nitrogen and oxygen atoms in total. The van der Waals surface area contributed by atoms with Gasteiger partial charge in [0.05, 0.1) is 36.1 Å². The van der Waals surface area contributed by atoms with Gasteiger partial charge in [-0.15, -0.1) is 0 Å². The standard InChI is InChI=1S/C24H24F3N3O4.C8H10N2/c1-2-3-18-13-30(6-7-33-18)23(32)15-4-5-21(29-11-15)16-8-17-9-19(12-28-14-31)34-22(17)20(10-16)24(25,26)27;1-2-3-7-4-5-8(9)10-6-7/h4-5,8-11,14,18H,2-3,6-7,12-13H2,1H3,(H,28,31);2-6H,1H3,(H2,9,10)/b;3-2+. The molecule has 0 bridgehead atoms. The van der Waals surface area contributed by atoms with Crippen molar-refractivity contribution in [3.63, 3.8) is 0 Å². The minimum Gasteiger partial charge on any atom is -0.459 e. The number of anilines is 1. The monoisotopic (exact) mass is 609 g/mol. The van der Waals surface area contributed by atoms with Gasteiger partial charge in [0.15, 0.2) is 0 Å². The van der Waals surface area contributed by atoms with Crippen molar-refractivity contribution in [1.82, 2.24) is 20.2 Å². The van der Waals surface area contributed by atoms with E-state index in [1.54, 1.807) is 29.3 Å². The second-order valence-corrected chi connectivity index (χ2v) is 10.1. The zero-order valence-electron chi connectivity index (χ0n) is 24.4. The number of nitrogen functional groups attached to an aromatic ring is 1. The summed E-state index contributed by atoms with van der Waals surface area (Å²) in [5.41, 5.74) is 6.13. The highest BCUT2D eigenvalue weighted by atomic mass is 19.4. The Morgan fingerprint density at radius 3 is 2.61 bits per heavy atom. The maximum Gasteiger partial charge on any atom is 0.420 e. The third kappa shape index (κ3) is 8.22. The molecule has 1 unspecified atom stereocenters. The van der Waals surface area contributed by atoms with Crippen LogP contribution in [0.25, 0.3) is 28.3 Å². The van der Waals surface area contributed by atoms with Gasteiger partial charge < -0.3 is 25.1 Å². The minimum absolute atomic E-state index is 0.00373. The van der Waals surface area contributed by atoms with E-state index in [1.165, 1.54) is 18.3 Å². The lowest BCUT2D eigenvalue weighted by atomic mass is 10.0. The lowest BCUT2D eigenvalue weighted by Gasteiger charge is -2.33. The van der Waals surface area contributed by atoms with Crippen LogP contribution in [0.3, 0.4) is 0 Å². The number of ether oxygens (including phenoxy) is 1. The number of nitrogens with zero attached hydrogens (tertiary/aromatic N) is 3. The summed E-state index contributed by atoms with van der Waals surface area (Å²) in [5.74, 6) is 0.579. The highest BCUT2D eigenvalue weighted by molar-refractivity contribution is 5.94. The number of pyridine rings is 2. The molecule has 4 aromatic rings. The lowest BCUT2D eigenvalue weighted by molar-refractivity contribution is -0.136. The molecule has 12 heteroatoms. The molecule has 0 aliphatic carbocycles. The Labute approximate surface area is 252 Å². The molecule has 232 valence electrons. The quantitative estimate of drug-likeness (QED) is 0.232. The number of hydrogen-bond donors (Lipinski definition) is 2.